The molecule has 1 fully saturated rings. The van der Waals surface area contributed by atoms with Crippen LogP contribution in [0.4, 0.5) is 11.4 Å². The number of benzene rings is 1. The Balaban J connectivity index is 2.21. The van der Waals surface area contributed by atoms with Gasteiger partial charge >= 0.3 is 0 Å². The number of aryl methyl sites for hydroxylation is 1. The zero-order valence-electron chi connectivity index (χ0n) is 8.79. The van der Waals surface area contributed by atoms with Crippen molar-refractivity contribution in [1.29, 1.82) is 0 Å². The third-order valence-corrected chi connectivity index (χ3v) is 2.81. The van der Waals surface area contributed by atoms with Crippen LogP contribution in [0, 0.1) is 6.92 Å². The van der Waals surface area contributed by atoms with Gasteiger partial charge in [0.05, 0.1) is 0 Å². The molecule has 1 aliphatic heterocycles. The third-order valence-electron chi connectivity index (χ3n) is 2.81. The second-order valence-corrected chi connectivity index (χ2v) is 4.15. The van der Waals surface area contributed by atoms with E-state index in [0.29, 0.717) is 0 Å². The number of anilines is 2. The molecular weight excluding hydrogens is 172 g/mol. The second kappa shape index (κ2) is 3.91. The van der Waals surface area contributed by atoms with E-state index in [2.05, 4.69) is 24.0 Å². The Hall–Kier alpha value is -1.18. The maximum atomic E-state index is 5.84. The summed E-state index contributed by atoms with van der Waals surface area (Å²) >= 11 is 0. The predicted molar refractivity (Wildman–Crippen MR) is 61.7 cm³/mol. The van der Waals surface area contributed by atoms with E-state index in [9.17, 15) is 0 Å². The van der Waals surface area contributed by atoms with Crippen LogP contribution in [-0.2, 0) is 0 Å². The molecule has 0 aromatic heterocycles. The summed E-state index contributed by atoms with van der Waals surface area (Å²) in [4.78, 5) is 2.44. The van der Waals surface area contributed by atoms with Gasteiger partial charge in [-0.05, 0) is 49.9 Å². The van der Waals surface area contributed by atoms with Crippen molar-refractivity contribution in [2.75, 3.05) is 23.7 Å². The van der Waals surface area contributed by atoms with Crippen molar-refractivity contribution in [3.05, 3.63) is 23.8 Å². The van der Waals surface area contributed by atoms with Gasteiger partial charge in [0.2, 0.25) is 0 Å². The summed E-state index contributed by atoms with van der Waals surface area (Å²) in [5.74, 6) is 0. The third kappa shape index (κ3) is 2.00. The quantitative estimate of drug-likeness (QED) is 0.690. The molecule has 1 saturated heterocycles. The van der Waals surface area contributed by atoms with Crippen LogP contribution in [-0.4, -0.2) is 13.1 Å². The highest BCUT2D eigenvalue weighted by atomic mass is 15.1. The first-order valence-electron chi connectivity index (χ1n) is 5.38. The molecule has 14 heavy (non-hydrogen) atoms. The molecule has 0 atom stereocenters. The Bertz CT molecular complexity index is 294. The van der Waals surface area contributed by atoms with Gasteiger partial charge in [-0.25, -0.2) is 0 Å². The minimum absolute atomic E-state index is 0.880. The number of rotatable bonds is 1. The average Bonchev–Trinajstić information content (AvgIpc) is 2.18. The molecule has 1 aromatic rings. The van der Waals surface area contributed by atoms with E-state index >= 15 is 0 Å². The van der Waals surface area contributed by atoms with Crippen molar-refractivity contribution in [2.45, 2.75) is 26.2 Å². The van der Waals surface area contributed by atoms with Gasteiger partial charge in [-0.2, -0.15) is 0 Å². The van der Waals surface area contributed by atoms with Gasteiger partial charge in [-0.1, -0.05) is 0 Å². The molecule has 0 unspecified atom stereocenters. The smallest absolute Gasteiger partial charge is 0.0389 e. The monoisotopic (exact) mass is 190 g/mol. The van der Waals surface area contributed by atoms with Gasteiger partial charge in [0.15, 0.2) is 0 Å². The molecule has 1 aromatic carbocycles. The maximum absolute atomic E-state index is 5.84. The zero-order valence-corrected chi connectivity index (χ0v) is 8.79. The van der Waals surface area contributed by atoms with Crippen LogP contribution < -0.4 is 10.6 Å². The molecule has 2 nitrogen and oxygen atoms in total. The topological polar surface area (TPSA) is 29.3 Å². The van der Waals surface area contributed by atoms with Gasteiger partial charge in [0.25, 0.3) is 0 Å². The number of nitrogen functional groups attached to an aromatic ring is 1. The summed E-state index contributed by atoms with van der Waals surface area (Å²) in [6.07, 6.45) is 4.00. The number of hydrogen-bond donors (Lipinski definition) is 1. The van der Waals surface area contributed by atoms with Crippen LogP contribution in [0.5, 0.6) is 0 Å². The van der Waals surface area contributed by atoms with Crippen molar-refractivity contribution in [3.63, 3.8) is 0 Å². The minimum atomic E-state index is 0.880. The van der Waals surface area contributed by atoms with Crippen LogP contribution in [0.3, 0.4) is 0 Å². The number of piperidine rings is 1. The predicted octanol–water partition coefficient (Wildman–Crippen LogP) is 2.57. The molecule has 0 amide bonds. The Labute approximate surface area is 85.7 Å². The normalized spacial score (nSPS) is 17.1. The molecule has 0 radical (unpaired) electrons. The first-order valence-corrected chi connectivity index (χ1v) is 5.38. The van der Waals surface area contributed by atoms with E-state index in [1.807, 2.05) is 6.07 Å². The van der Waals surface area contributed by atoms with Crippen molar-refractivity contribution in [1.82, 2.24) is 0 Å². The van der Waals surface area contributed by atoms with E-state index in [1.165, 1.54) is 43.6 Å². The van der Waals surface area contributed by atoms with Crippen molar-refractivity contribution < 1.29 is 0 Å². The fourth-order valence-corrected chi connectivity index (χ4v) is 2.13. The van der Waals surface area contributed by atoms with Crippen molar-refractivity contribution in [2.24, 2.45) is 0 Å². The van der Waals surface area contributed by atoms with Gasteiger partial charge in [-0.3, -0.25) is 0 Å². The van der Waals surface area contributed by atoms with Gasteiger partial charge in [0, 0.05) is 24.5 Å². The Morgan fingerprint density at radius 1 is 1.07 bits per heavy atom. The molecule has 0 aliphatic carbocycles. The van der Waals surface area contributed by atoms with Crippen molar-refractivity contribution in [3.8, 4) is 0 Å². The summed E-state index contributed by atoms with van der Waals surface area (Å²) in [6, 6.07) is 6.33. The molecule has 1 aliphatic rings. The van der Waals surface area contributed by atoms with Crippen LogP contribution in [0.1, 0.15) is 24.8 Å². The van der Waals surface area contributed by atoms with Gasteiger partial charge in [0.1, 0.15) is 0 Å². The lowest BCUT2D eigenvalue weighted by molar-refractivity contribution is 0.578. The average molecular weight is 190 g/mol. The highest BCUT2D eigenvalue weighted by Gasteiger charge is 2.10. The largest absolute Gasteiger partial charge is 0.399 e. The molecule has 2 heteroatoms. The summed E-state index contributed by atoms with van der Waals surface area (Å²) in [7, 11) is 0. The highest BCUT2D eigenvalue weighted by molar-refractivity contribution is 5.58. The van der Waals surface area contributed by atoms with Crippen LogP contribution >= 0.6 is 0 Å². The van der Waals surface area contributed by atoms with Gasteiger partial charge < -0.3 is 10.6 Å². The number of hydrogen-bond acceptors (Lipinski definition) is 2. The highest BCUT2D eigenvalue weighted by Crippen LogP contribution is 2.23. The lowest BCUT2D eigenvalue weighted by Gasteiger charge is -2.29. The zero-order chi connectivity index (χ0) is 9.97. The lowest BCUT2D eigenvalue weighted by atomic mass is 10.1. The first-order chi connectivity index (χ1) is 6.75. The Morgan fingerprint density at radius 3 is 2.43 bits per heavy atom. The fraction of sp³-hybridized carbons (Fsp3) is 0.500. The summed E-state index contributed by atoms with van der Waals surface area (Å²) in [6.45, 7) is 4.47. The molecule has 2 rings (SSSR count). The van der Waals surface area contributed by atoms with E-state index in [4.69, 9.17) is 5.73 Å². The first kappa shape index (κ1) is 9.38. The Kier molecular flexibility index (Phi) is 2.62. The Morgan fingerprint density at radius 2 is 1.79 bits per heavy atom. The van der Waals surface area contributed by atoms with Crippen LogP contribution in [0.2, 0.25) is 0 Å². The van der Waals surface area contributed by atoms with Crippen LogP contribution in [0.15, 0.2) is 18.2 Å². The molecule has 0 saturated carbocycles. The molecule has 2 N–H and O–H groups in total. The molecule has 0 bridgehead atoms. The molecule has 0 spiro atoms. The van der Waals surface area contributed by atoms with E-state index in [0.717, 1.165) is 5.69 Å². The van der Waals surface area contributed by atoms with Crippen LogP contribution in [0.25, 0.3) is 0 Å². The molecular formula is C12H18N2. The molecule has 1 heterocycles. The second-order valence-electron chi connectivity index (χ2n) is 4.15. The summed E-state index contributed by atoms with van der Waals surface area (Å²) < 4.78 is 0. The molecule has 76 valence electrons. The number of nitrogens with two attached hydrogens (primary N) is 1. The summed E-state index contributed by atoms with van der Waals surface area (Å²) in [5, 5.41) is 0. The van der Waals surface area contributed by atoms with Gasteiger partial charge in [-0.15, -0.1) is 0 Å². The van der Waals surface area contributed by atoms with E-state index < -0.39 is 0 Å². The standard InChI is InChI=1S/C12H18N2/c1-10-7-11(13)9-12(8-10)14-5-3-2-4-6-14/h7-9H,2-6,13H2,1H3. The van der Waals surface area contributed by atoms with E-state index in [-0.39, 0.29) is 0 Å². The lowest BCUT2D eigenvalue weighted by Crippen LogP contribution is -2.29. The fourth-order valence-electron chi connectivity index (χ4n) is 2.13. The van der Waals surface area contributed by atoms with E-state index in [1.54, 1.807) is 0 Å². The summed E-state index contributed by atoms with van der Waals surface area (Å²) in [5.41, 5.74) is 9.27. The minimum Gasteiger partial charge on any atom is -0.399 e. The SMILES string of the molecule is Cc1cc(N)cc(N2CCCCC2)c1. The van der Waals surface area contributed by atoms with Crippen molar-refractivity contribution >= 4 is 11.4 Å². The maximum Gasteiger partial charge on any atom is 0.0389 e. The number of nitrogens with zero attached hydrogens (tertiary/aromatic N) is 1.